The largest absolute Gasteiger partial charge is 0.150 e. The van der Waals surface area contributed by atoms with Crippen molar-refractivity contribution in [1.82, 2.24) is 10.2 Å². The highest BCUT2D eigenvalue weighted by atomic mass is 15.1. The van der Waals surface area contributed by atoms with Crippen LogP contribution < -0.4 is 0 Å². The highest BCUT2D eigenvalue weighted by molar-refractivity contribution is 6.21. The van der Waals surface area contributed by atoms with E-state index in [4.69, 9.17) is 0 Å². The molecule has 0 saturated carbocycles. The van der Waals surface area contributed by atoms with E-state index in [0.717, 1.165) is 16.4 Å². The molecule has 0 spiro atoms. The van der Waals surface area contributed by atoms with Gasteiger partial charge in [-0.2, -0.15) is 0 Å². The molecule has 1 heterocycles. The lowest BCUT2D eigenvalue weighted by Crippen LogP contribution is -1.99. The number of benzene rings is 4. The monoisotopic (exact) mass is 304 g/mol. The second-order valence-electron chi connectivity index (χ2n) is 6.31. The minimum Gasteiger partial charge on any atom is -0.150 e. The van der Waals surface area contributed by atoms with Gasteiger partial charge in [0.25, 0.3) is 0 Å². The van der Waals surface area contributed by atoms with Crippen molar-refractivity contribution in [3.05, 3.63) is 72.8 Å². The average molecular weight is 304 g/mol. The molecule has 5 aromatic rings. The topological polar surface area (TPSA) is 25.8 Å². The van der Waals surface area contributed by atoms with Crippen LogP contribution in [0.25, 0.3) is 54.8 Å². The minimum atomic E-state index is 0.943. The Kier molecular flexibility index (Phi) is 2.12. The molecule has 0 aliphatic heterocycles. The van der Waals surface area contributed by atoms with Gasteiger partial charge < -0.3 is 0 Å². The number of nitrogens with zero attached hydrogens (tertiary/aromatic N) is 2. The third-order valence-electron chi connectivity index (χ3n) is 5.11. The van der Waals surface area contributed by atoms with Crippen molar-refractivity contribution in [2.45, 2.75) is 0 Å². The molecule has 1 aliphatic rings. The number of fused-ring (bicyclic) bond motifs is 10. The minimum absolute atomic E-state index is 0.943. The Morgan fingerprint density at radius 1 is 0.458 bits per heavy atom. The van der Waals surface area contributed by atoms with E-state index < -0.39 is 0 Å². The highest BCUT2D eigenvalue weighted by Gasteiger charge is 2.24. The van der Waals surface area contributed by atoms with Gasteiger partial charge in [-0.05, 0) is 33.7 Å². The Labute approximate surface area is 138 Å². The summed E-state index contributed by atoms with van der Waals surface area (Å²) in [5, 5.41) is 13.7. The third kappa shape index (κ3) is 1.36. The van der Waals surface area contributed by atoms with Crippen LogP contribution in [0.15, 0.2) is 72.8 Å². The van der Waals surface area contributed by atoms with Crippen molar-refractivity contribution in [3.8, 4) is 22.3 Å². The molecule has 6 rings (SSSR count). The van der Waals surface area contributed by atoms with Crippen molar-refractivity contribution in [1.29, 1.82) is 0 Å². The third-order valence-corrected chi connectivity index (χ3v) is 5.11. The SMILES string of the molecule is c1ccc2c(c1)-c1ccc3c(ccc4c5ccccc5nnc34)c1-2. The van der Waals surface area contributed by atoms with Gasteiger partial charge in [-0.25, -0.2) is 0 Å². The first-order valence-electron chi connectivity index (χ1n) is 8.12. The Morgan fingerprint density at radius 2 is 1.17 bits per heavy atom. The van der Waals surface area contributed by atoms with E-state index in [1.54, 1.807) is 0 Å². The molecule has 0 atom stereocenters. The summed E-state index contributed by atoms with van der Waals surface area (Å²) in [5.41, 5.74) is 7.30. The summed E-state index contributed by atoms with van der Waals surface area (Å²) in [6, 6.07) is 25.6. The maximum atomic E-state index is 4.54. The van der Waals surface area contributed by atoms with Crippen LogP contribution in [0, 0.1) is 0 Å². The molecule has 1 aliphatic carbocycles. The van der Waals surface area contributed by atoms with Crippen LogP contribution in [0.5, 0.6) is 0 Å². The summed E-state index contributed by atoms with van der Waals surface area (Å²) in [6.45, 7) is 0. The van der Waals surface area contributed by atoms with E-state index in [0.29, 0.717) is 0 Å². The first kappa shape index (κ1) is 12.2. The van der Waals surface area contributed by atoms with Crippen LogP contribution in [-0.2, 0) is 0 Å². The maximum Gasteiger partial charge on any atom is 0.101 e. The zero-order chi connectivity index (χ0) is 15.7. The number of rotatable bonds is 0. The van der Waals surface area contributed by atoms with E-state index in [1.807, 2.05) is 12.1 Å². The Morgan fingerprint density at radius 3 is 2.12 bits per heavy atom. The van der Waals surface area contributed by atoms with Gasteiger partial charge in [-0.3, -0.25) is 0 Å². The summed E-state index contributed by atoms with van der Waals surface area (Å²) >= 11 is 0. The van der Waals surface area contributed by atoms with Crippen LogP contribution in [-0.4, -0.2) is 10.2 Å². The zero-order valence-corrected chi connectivity index (χ0v) is 12.8. The summed E-state index contributed by atoms with van der Waals surface area (Å²) in [5.74, 6) is 0. The molecule has 0 saturated heterocycles. The summed E-state index contributed by atoms with van der Waals surface area (Å²) in [7, 11) is 0. The van der Waals surface area contributed by atoms with Gasteiger partial charge in [-0.1, -0.05) is 66.7 Å². The fourth-order valence-electron chi connectivity index (χ4n) is 4.00. The molecule has 0 N–H and O–H groups in total. The number of hydrogen-bond donors (Lipinski definition) is 0. The molecular weight excluding hydrogens is 292 g/mol. The first-order chi connectivity index (χ1) is 11.9. The van der Waals surface area contributed by atoms with Gasteiger partial charge in [0.15, 0.2) is 0 Å². The molecule has 0 fully saturated rings. The van der Waals surface area contributed by atoms with E-state index in [-0.39, 0.29) is 0 Å². The molecule has 2 nitrogen and oxygen atoms in total. The fourth-order valence-corrected chi connectivity index (χ4v) is 4.00. The normalized spacial score (nSPS) is 12.2. The molecule has 24 heavy (non-hydrogen) atoms. The molecular formula is C22H12N2. The molecule has 1 aromatic heterocycles. The number of hydrogen-bond acceptors (Lipinski definition) is 2. The van der Waals surface area contributed by atoms with Crippen molar-refractivity contribution >= 4 is 32.6 Å². The van der Waals surface area contributed by atoms with Gasteiger partial charge in [0.1, 0.15) is 5.52 Å². The van der Waals surface area contributed by atoms with Crippen LogP contribution >= 0.6 is 0 Å². The lowest BCUT2D eigenvalue weighted by Gasteiger charge is -2.25. The number of aromatic nitrogens is 2. The quantitative estimate of drug-likeness (QED) is 0.342. The summed E-state index contributed by atoms with van der Waals surface area (Å²) in [6.07, 6.45) is 0. The standard InChI is InChI=1S/C22H12N2/c1-2-7-15-13(5-1)16-9-12-19-17(21(15)16)10-11-18-14-6-3-4-8-20(14)23-24-22(18)19/h1-12H. The zero-order valence-electron chi connectivity index (χ0n) is 12.8. The molecule has 0 bridgehead atoms. The average Bonchev–Trinajstić information content (AvgIpc) is 2.64. The van der Waals surface area contributed by atoms with Crippen molar-refractivity contribution in [2.24, 2.45) is 0 Å². The molecule has 0 radical (unpaired) electrons. The Hall–Kier alpha value is -3.26. The van der Waals surface area contributed by atoms with Crippen LogP contribution in [0.4, 0.5) is 0 Å². The molecule has 0 amide bonds. The molecule has 2 heteroatoms. The van der Waals surface area contributed by atoms with E-state index in [1.165, 1.54) is 38.4 Å². The van der Waals surface area contributed by atoms with E-state index in [9.17, 15) is 0 Å². The second-order valence-corrected chi connectivity index (χ2v) is 6.31. The van der Waals surface area contributed by atoms with Crippen LogP contribution in [0.1, 0.15) is 0 Å². The fraction of sp³-hybridized carbons (Fsp3) is 0. The van der Waals surface area contributed by atoms with Gasteiger partial charge in [0.05, 0.1) is 5.52 Å². The predicted octanol–water partition coefficient (Wildman–Crippen LogP) is 5.58. The Balaban J connectivity index is 1.77. The van der Waals surface area contributed by atoms with Crippen LogP contribution in [0.2, 0.25) is 0 Å². The summed E-state index contributed by atoms with van der Waals surface area (Å²) in [4.78, 5) is 0. The summed E-state index contributed by atoms with van der Waals surface area (Å²) < 4.78 is 0. The van der Waals surface area contributed by atoms with E-state index in [2.05, 4.69) is 70.9 Å². The van der Waals surface area contributed by atoms with Crippen molar-refractivity contribution in [3.63, 3.8) is 0 Å². The molecule has 0 unspecified atom stereocenters. The van der Waals surface area contributed by atoms with Crippen molar-refractivity contribution in [2.75, 3.05) is 0 Å². The molecule has 4 aromatic carbocycles. The van der Waals surface area contributed by atoms with Gasteiger partial charge >= 0.3 is 0 Å². The lowest BCUT2D eigenvalue weighted by atomic mass is 9.77. The maximum absolute atomic E-state index is 4.54. The molecule has 110 valence electrons. The predicted molar refractivity (Wildman–Crippen MR) is 99.0 cm³/mol. The second kappa shape index (κ2) is 4.18. The van der Waals surface area contributed by atoms with Gasteiger partial charge in [0.2, 0.25) is 0 Å². The van der Waals surface area contributed by atoms with Gasteiger partial charge in [0, 0.05) is 16.2 Å². The lowest BCUT2D eigenvalue weighted by molar-refractivity contribution is 1.13. The van der Waals surface area contributed by atoms with Crippen LogP contribution in [0.3, 0.4) is 0 Å². The first-order valence-corrected chi connectivity index (χ1v) is 8.12. The smallest absolute Gasteiger partial charge is 0.101 e. The highest BCUT2D eigenvalue weighted by Crippen LogP contribution is 2.51. The van der Waals surface area contributed by atoms with Gasteiger partial charge in [-0.15, -0.1) is 10.2 Å². The van der Waals surface area contributed by atoms with E-state index >= 15 is 0 Å². The van der Waals surface area contributed by atoms with Crippen molar-refractivity contribution < 1.29 is 0 Å². The Bertz CT molecular complexity index is 1300.